The lowest BCUT2D eigenvalue weighted by molar-refractivity contribution is -0.127. The molecule has 1 heterocycles. The molecule has 0 aliphatic rings. The van der Waals surface area contributed by atoms with E-state index in [4.69, 9.17) is 4.74 Å². The number of hydrogen-bond donors (Lipinski definition) is 1. The summed E-state index contributed by atoms with van der Waals surface area (Å²) in [6.07, 6.45) is 4.83. The standard InChI is InChI=1S/C21H23N3O2/c1-15-4-5-16(2)20(12-15)26-17(3)21(25)23-13-18-6-8-19(9-7-18)24-11-10-22-14-24/h4-12,14,17H,13H2,1-3H3,(H,23,25). The van der Waals surface area contributed by atoms with Crippen molar-refractivity contribution in [2.24, 2.45) is 0 Å². The van der Waals surface area contributed by atoms with Gasteiger partial charge in [-0.15, -0.1) is 0 Å². The summed E-state index contributed by atoms with van der Waals surface area (Å²) in [6.45, 7) is 6.20. The molecule has 3 rings (SSSR count). The average Bonchev–Trinajstić information content (AvgIpc) is 3.18. The van der Waals surface area contributed by atoms with Gasteiger partial charge in [-0.3, -0.25) is 4.79 Å². The van der Waals surface area contributed by atoms with Gasteiger partial charge in [0, 0.05) is 24.6 Å². The molecule has 0 aliphatic carbocycles. The molecule has 1 atom stereocenters. The Kier molecular flexibility index (Phi) is 5.37. The Balaban J connectivity index is 1.55. The second-order valence-corrected chi connectivity index (χ2v) is 6.38. The highest BCUT2D eigenvalue weighted by Gasteiger charge is 2.15. The molecule has 0 bridgehead atoms. The third-order valence-electron chi connectivity index (χ3n) is 4.22. The van der Waals surface area contributed by atoms with Crippen LogP contribution < -0.4 is 10.1 Å². The van der Waals surface area contributed by atoms with E-state index in [2.05, 4.69) is 10.3 Å². The highest BCUT2D eigenvalue weighted by Crippen LogP contribution is 2.20. The van der Waals surface area contributed by atoms with Crippen LogP contribution in [-0.4, -0.2) is 21.6 Å². The summed E-state index contributed by atoms with van der Waals surface area (Å²) in [5, 5.41) is 2.92. The van der Waals surface area contributed by atoms with Crippen molar-refractivity contribution in [3.63, 3.8) is 0 Å². The minimum atomic E-state index is -0.555. The summed E-state index contributed by atoms with van der Waals surface area (Å²) >= 11 is 0. The lowest BCUT2D eigenvalue weighted by Crippen LogP contribution is -2.36. The quantitative estimate of drug-likeness (QED) is 0.740. The van der Waals surface area contributed by atoms with E-state index in [9.17, 15) is 4.79 Å². The van der Waals surface area contributed by atoms with Gasteiger partial charge >= 0.3 is 0 Å². The zero-order valence-corrected chi connectivity index (χ0v) is 15.3. The summed E-state index contributed by atoms with van der Waals surface area (Å²) in [5.41, 5.74) is 4.19. The number of ether oxygens (including phenoxy) is 1. The Morgan fingerprint density at radius 3 is 2.65 bits per heavy atom. The molecule has 1 unspecified atom stereocenters. The van der Waals surface area contributed by atoms with Crippen LogP contribution in [0, 0.1) is 13.8 Å². The van der Waals surface area contributed by atoms with Crippen molar-refractivity contribution in [3.05, 3.63) is 77.9 Å². The predicted octanol–water partition coefficient (Wildman–Crippen LogP) is 3.57. The topological polar surface area (TPSA) is 56.1 Å². The monoisotopic (exact) mass is 349 g/mol. The number of aryl methyl sites for hydroxylation is 2. The van der Waals surface area contributed by atoms with E-state index in [1.54, 1.807) is 19.4 Å². The van der Waals surface area contributed by atoms with E-state index in [-0.39, 0.29) is 5.91 Å². The minimum Gasteiger partial charge on any atom is -0.481 e. The third kappa shape index (κ3) is 4.30. The largest absolute Gasteiger partial charge is 0.481 e. The Bertz CT molecular complexity index is 871. The molecule has 0 saturated heterocycles. The first kappa shape index (κ1) is 17.7. The molecule has 5 nitrogen and oxygen atoms in total. The first-order valence-corrected chi connectivity index (χ1v) is 8.62. The van der Waals surface area contributed by atoms with Crippen LogP contribution >= 0.6 is 0 Å². The molecule has 0 radical (unpaired) electrons. The summed E-state index contributed by atoms with van der Waals surface area (Å²) in [5.74, 6) is 0.613. The van der Waals surface area contributed by atoms with Gasteiger partial charge in [0.15, 0.2) is 6.10 Å². The molecule has 1 N–H and O–H groups in total. The Labute approximate surface area is 153 Å². The number of carbonyl (C=O) groups excluding carboxylic acids is 1. The number of rotatable bonds is 6. The maximum atomic E-state index is 12.3. The van der Waals surface area contributed by atoms with Crippen molar-refractivity contribution < 1.29 is 9.53 Å². The van der Waals surface area contributed by atoms with Crippen LogP contribution in [0.25, 0.3) is 5.69 Å². The number of amides is 1. The van der Waals surface area contributed by atoms with E-state index in [0.29, 0.717) is 6.54 Å². The van der Waals surface area contributed by atoms with Crippen molar-refractivity contribution in [1.29, 1.82) is 0 Å². The van der Waals surface area contributed by atoms with Gasteiger partial charge in [0.05, 0.1) is 6.33 Å². The van der Waals surface area contributed by atoms with Gasteiger partial charge in [-0.2, -0.15) is 0 Å². The molecule has 1 aromatic heterocycles. The van der Waals surface area contributed by atoms with Crippen molar-refractivity contribution >= 4 is 5.91 Å². The second kappa shape index (κ2) is 7.87. The number of benzene rings is 2. The van der Waals surface area contributed by atoms with Gasteiger partial charge in [-0.05, 0) is 55.7 Å². The Morgan fingerprint density at radius 1 is 1.19 bits per heavy atom. The van der Waals surface area contributed by atoms with Crippen LogP contribution in [-0.2, 0) is 11.3 Å². The van der Waals surface area contributed by atoms with Crippen LogP contribution in [0.15, 0.2) is 61.2 Å². The fourth-order valence-electron chi connectivity index (χ4n) is 2.61. The lowest BCUT2D eigenvalue weighted by Gasteiger charge is -2.17. The third-order valence-corrected chi connectivity index (χ3v) is 4.22. The first-order chi connectivity index (χ1) is 12.5. The first-order valence-electron chi connectivity index (χ1n) is 8.62. The van der Waals surface area contributed by atoms with Gasteiger partial charge < -0.3 is 14.6 Å². The zero-order valence-electron chi connectivity index (χ0n) is 15.3. The summed E-state index contributed by atoms with van der Waals surface area (Å²) in [6, 6.07) is 14.0. The number of aromatic nitrogens is 2. The summed E-state index contributed by atoms with van der Waals surface area (Å²) in [4.78, 5) is 16.4. The zero-order chi connectivity index (χ0) is 18.5. The van der Waals surface area contributed by atoms with Crippen molar-refractivity contribution in [2.45, 2.75) is 33.4 Å². The van der Waals surface area contributed by atoms with E-state index in [1.807, 2.05) is 67.1 Å². The molecule has 0 fully saturated rings. The van der Waals surface area contributed by atoms with Crippen LogP contribution in [0.2, 0.25) is 0 Å². The molecule has 2 aromatic carbocycles. The SMILES string of the molecule is Cc1ccc(C)c(OC(C)C(=O)NCc2ccc(-n3ccnc3)cc2)c1. The Morgan fingerprint density at radius 2 is 1.96 bits per heavy atom. The molecule has 5 heteroatoms. The molecule has 0 spiro atoms. The van der Waals surface area contributed by atoms with Crippen molar-refractivity contribution in [2.75, 3.05) is 0 Å². The molecule has 0 aliphatic heterocycles. The molecule has 3 aromatic rings. The van der Waals surface area contributed by atoms with E-state index >= 15 is 0 Å². The molecule has 134 valence electrons. The number of nitrogens with one attached hydrogen (secondary N) is 1. The summed E-state index contributed by atoms with van der Waals surface area (Å²) < 4.78 is 7.75. The minimum absolute atomic E-state index is 0.135. The highest BCUT2D eigenvalue weighted by molar-refractivity contribution is 5.80. The van der Waals surface area contributed by atoms with Gasteiger partial charge in [0.25, 0.3) is 5.91 Å². The van der Waals surface area contributed by atoms with Crippen molar-refractivity contribution in [3.8, 4) is 11.4 Å². The van der Waals surface area contributed by atoms with Crippen LogP contribution in [0.5, 0.6) is 5.75 Å². The smallest absolute Gasteiger partial charge is 0.261 e. The van der Waals surface area contributed by atoms with Crippen LogP contribution in [0.4, 0.5) is 0 Å². The highest BCUT2D eigenvalue weighted by atomic mass is 16.5. The van der Waals surface area contributed by atoms with E-state index in [0.717, 1.165) is 28.1 Å². The van der Waals surface area contributed by atoms with Crippen LogP contribution in [0.1, 0.15) is 23.6 Å². The Hall–Kier alpha value is -3.08. The van der Waals surface area contributed by atoms with Gasteiger partial charge in [0.2, 0.25) is 0 Å². The molecule has 1 amide bonds. The van der Waals surface area contributed by atoms with Gasteiger partial charge in [0.1, 0.15) is 5.75 Å². The number of carbonyl (C=O) groups is 1. The van der Waals surface area contributed by atoms with Gasteiger partial charge in [-0.1, -0.05) is 24.3 Å². The number of nitrogens with zero attached hydrogens (tertiary/aromatic N) is 2. The number of imidazole rings is 1. The fraction of sp³-hybridized carbons (Fsp3) is 0.238. The predicted molar refractivity (Wildman–Crippen MR) is 101 cm³/mol. The second-order valence-electron chi connectivity index (χ2n) is 6.38. The van der Waals surface area contributed by atoms with Crippen molar-refractivity contribution in [1.82, 2.24) is 14.9 Å². The van der Waals surface area contributed by atoms with E-state index < -0.39 is 6.10 Å². The van der Waals surface area contributed by atoms with Crippen LogP contribution in [0.3, 0.4) is 0 Å². The molecule has 26 heavy (non-hydrogen) atoms. The normalized spacial score (nSPS) is 11.8. The molecule has 0 saturated carbocycles. The summed E-state index contributed by atoms with van der Waals surface area (Å²) in [7, 11) is 0. The maximum absolute atomic E-state index is 12.3. The number of hydrogen-bond acceptors (Lipinski definition) is 3. The van der Waals surface area contributed by atoms with E-state index in [1.165, 1.54) is 0 Å². The van der Waals surface area contributed by atoms with Gasteiger partial charge in [-0.25, -0.2) is 4.98 Å². The molecular formula is C21H23N3O2. The fourth-order valence-corrected chi connectivity index (χ4v) is 2.61. The molecular weight excluding hydrogens is 326 g/mol. The average molecular weight is 349 g/mol. The lowest BCUT2D eigenvalue weighted by atomic mass is 10.1. The maximum Gasteiger partial charge on any atom is 0.261 e.